The van der Waals surface area contributed by atoms with Crippen LogP contribution in [0.15, 0.2) is 29.2 Å². The fourth-order valence-electron chi connectivity index (χ4n) is 2.87. The Morgan fingerprint density at radius 2 is 1.62 bits per heavy atom. The Bertz CT molecular complexity index is 960. The van der Waals surface area contributed by atoms with E-state index in [1.54, 1.807) is 24.1 Å². The van der Waals surface area contributed by atoms with Gasteiger partial charge < -0.3 is 0 Å². The third-order valence-electron chi connectivity index (χ3n) is 4.66. The molecule has 1 aromatic carbocycles. The summed E-state index contributed by atoms with van der Waals surface area (Å²) in [6.07, 6.45) is 0.458. The van der Waals surface area contributed by atoms with E-state index in [4.69, 9.17) is 0 Å². The zero-order chi connectivity index (χ0) is 21.8. The van der Waals surface area contributed by atoms with E-state index >= 15 is 0 Å². The zero-order valence-corrected chi connectivity index (χ0v) is 18.2. The van der Waals surface area contributed by atoms with Crippen molar-refractivity contribution in [1.29, 1.82) is 0 Å². The number of rotatable bonds is 7. The summed E-state index contributed by atoms with van der Waals surface area (Å²) in [4.78, 5) is 25.6. The SMILES string of the molecule is Cc1ccc(S(=O)(=O)N(C)CC(=O)NNC(=O)CN(C)C2CCS(=O)(=O)C2)cc1. The third kappa shape index (κ3) is 6.49. The van der Waals surface area contributed by atoms with Crippen LogP contribution < -0.4 is 10.9 Å². The molecule has 1 heterocycles. The molecule has 12 heteroatoms. The van der Waals surface area contributed by atoms with Gasteiger partial charge in [-0.25, -0.2) is 16.8 Å². The Hall–Kier alpha value is -2.02. The van der Waals surface area contributed by atoms with E-state index in [-0.39, 0.29) is 29.0 Å². The lowest BCUT2D eigenvalue weighted by Gasteiger charge is -2.22. The Morgan fingerprint density at radius 1 is 1.07 bits per heavy atom. The summed E-state index contributed by atoms with van der Waals surface area (Å²) in [5, 5.41) is 0. The van der Waals surface area contributed by atoms with Gasteiger partial charge in [0.25, 0.3) is 11.8 Å². The molecular formula is C17H26N4O6S2. The lowest BCUT2D eigenvalue weighted by atomic mass is 10.2. The smallest absolute Gasteiger partial charge is 0.253 e. The summed E-state index contributed by atoms with van der Waals surface area (Å²) in [6, 6.07) is 5.99. The zero-order valence-electron chi connectivity index (χ0n) is 16.6. The largest absolute Gasteiger partial charge is 0.293 e. The minimum Gasteiger partial charge on any atom is -0.293 e. The Labute approximate surface area is 171 Å². The number of likely N-dealkylation sites (N-methyl/N-ethyl adjacent to an activating group) is 2. The number of hydrogen-bond acceptors (Lipinski definition) is 7. The van der Waals surface area contributed by atoms with Gasteiger partial charge in [-0.15, -0.1) is 0 Å². The summed E-state index contributed by atoms with van der Waals surface area (Å²) in [6.45, 7) is 1.25. The second-order valence-electron chi connectivity index (χ2n) is 7.14. The highest BCUT2D eigenvalue weighted by Crippen LogP contribution is 2.16. The molecule has 2 N–H and O–H groups in total. The molecule has 0 radical (unpaired) electrons. The molecule has 1 atom stereocenters. The van der Waals surface area contributed by atoms with Gasteiger partial charge in [0.15, 0.2) is 9.84 Å². The van der Waals surface area contributed by atoms with Gasteiger partial charge in [-0.1, -0.05) is 17.7 Å². The number of sulfonamides is 1. The quantitative estimate of drug-likeness (QED) is 0.507. The Balaban J connectivity index is 1.81. The Morgan fingerprint density at radius 3 is 2.14 bits per heavy atom. The van der Waals surface area contributed by atoms with Crippen molar-refractivity contribution in [2.24, 2.45) is 0 Å². The topological polar surface area (TPSA) is 133 Å². The fourth-order valence-corrected chi connectivity index (χ4v) is 5.81. The first kappa shape index (κ1) is 23.3. The van der Waals surface area contributed by atoms with Crippen LogP contribution in [-0.4, -0.2) is 82.6 Å². The van der Waals surface area contributed by atoms with Crippen LogP contribution in [0, 0.1) is 6.92 Å². The molecule has 2 amide bonds. The number of sulfone groups is 1. The average Bonchev–Trinajstić information content (AvgIpc) is 3.00. The van der Waals surface area contributed by atoms with E-state index in [1.165, 1.54) is 19.2 Å². The number of hydrazine groups is 1. The molecular weight excluding hydrogens is 420 g/mol. The molecule has 1 aliphatic heterocycles. The lowest BCUT2D eigenvalue weighted by molar-refractivity contribution is -0.129. The molecule has 162 valence electrons. The summed E-state index contributed by atoms with van der Waals surface area (Å²) in [7, 11) is -3.99. The van der Waals surface area contributed by atoms with Gasteiger partial charge in [0.05, 0.1) is 29.5 Å². The molecule has 0 spiro atoms. The van der Waals surface area contributed by atoms with Crippen molar-refractivity contribution in [3.8, 4) is 0 Å². The van der Waals surface area contributed by atoms with Crippen LogP contribution in [0.4, 0.5) is 0 Å². The van der Waals surface area contributed by atoms with E-state index < -0.39 is 38.2 Å². The molecule has 0 aromatic heterocycles. The first-order chi connectivity index (χ1) is 13.4. The first-order valence-corrected chi connectivity index (χ1v) is 12.2. The molecule has 2 rings (SSSR count). The number of carbonyl (C=O) groups excluding carboxylic acids is 2. The van der Waals surface area contributed by atoms with Crippen LogP contribution in [0.25, 0.3) is 0 Å². The molecule has 0 saturated carbocycles. The summed E-state index contributed by atoms with van der Waals surface area (Å²) >= 11 is 0. The van der Waals surface area contributed by atoms with Crippen LogP contribution in [0.3, 0.4) is 0 Å². The molecule has 1 aromatic rings. The molecule has 1 fully saturated rings. The summed E-state index contributed by atoms with van der Waals surface area (Å²) in [5.74, 6) is -1.13. The normalized spacial score (nSPS) is 18.7. The van der Waals surface area contributed by atoms with Crippen LogP contribution >= 0.6 is 0 Å². The number of amides is 2. The standard InChI is InChI=1S/C17H26N4O6S2/c1-13-4-6-15(7-5-13)29(26,27)21(3)11-17(23)19-18-16(22)10-20(2)14-8-9-28(24,25)12-14/h4-7,14H,8-12H2,1-3H3,(H,18,22)(H,19,23). The van der Waals surface area contributed by atoms with Gasteiger partial charge in [-0.3, -0.25) is 25.3 Å². The van der Waals surface area contributed by atoms with E-state index in [0.29, 0.717) is 6.42 Å². The van der Waals surface area contributed by atoms with Crippen LogP contribution in [0.2, 0.25) is 0 Å². The first-order valence-electron chi connectivity index (χ1n) is 8.92. The average molecular weight is 447 g/mol. The van der Waals surface area contributed by atoms with Gasteiger partial charge in [0, 0.05) is 13.1 Å². The van der Waals surface area contributed by atoms with Gasteiger partial charge in [-0.05, 0) is 32.5 Å². The monoisotopic (exact) mass is 446 g/mol. The minimum atomic E-state index is -3.84. The highest BCUT2D eigenvalue weighted by atomic mass is 32.2. The molecule has 0 bridgehead atoms. The highest BCUT2D eigenvalue weighted by molar-refractivity contribution is 7.91. The molecule has 1 aliphatic rings. The van der Waals surface area contributed by atoms with Crippen molar-refractivity contribution >= 4 is 31.7 Å². The highest BCUT2D eigenvalue weighted by Gasteiger charge is 2.31. The van der Waals surface area contributed by atoms with E-state index in [0.717, 1.165) is 9.87 Å². The van der Waals surface area contributed by atoms with E-state index in [2.05, 4.69) is 10.9 Å². The second-order valence-corrected chi connectivity index (χ2v) is 11.4. The van der Waals surface area contributed by atoms with E-state index in [1.807, 2.05) is 6.92 Å². The Kier molecular flexibility index (Phi) is 7.38. The van der Waals surface area contributed by atoms with Crippen LogP contribution in [-0.2, 0) is 29.4 Å². The molecule has 1 unspecified atom stereocenters. The maximum absolute atomic E-state index is 12.5. The molecule has 10 nitrogen and oxygen atoms in total. The number of nitrogens with zero attached hydrogens (tertiary/aromatic N) is 2. The number of aryl methyl sites for hydroxylation is 1. The van der Waals surface area contributed by atoms with Crippen molar-refractivity contribution in [3.63, 3.8) is 0 Å². The van der Waals surface area contributed by atoms with Crippen molar-refractivity contribution in [2.45, 2.75) is 24.3 Å². The number of nitrogens with one attached hydrogen (secondary N) is 2. The van der Waals surface area contributed by atoms with Crippen molar-refractivity contribution < 1.29 is 26.4 Å². The third-order valence-corrected chi connectivity index (χ3v) is 8.23. The second kappa shape index (κ2) is 9.20. The van der Waals surface area contributed by atoms with Gasteiger partial charge in [0.2, 0.25) is 10.0 Å². The predicted octanol–water partition coefficient (Wildman–Crippen LogP) is -1.12. The van der Waals surface area contributed by atoms with Crippen LogP contribution in [0.5, 0.6) is 0 Å². The lowest BCUT2D eigenvalue weighted by Crippen LogP contribution is -2.50. The van der Waals surface area contributed by atoms with Gasteiger partial charge in [-0.2, -0.15) is 4.31 Å². The van der Waals surface area contributed by atoms with E-state index in [9.17, 15) is 26.4 Å². The molecule has 1 saturated heterocycles. The van der Waals surface area contributed by atoms with Gasteiger partial charge in [0.1, 0.15) is 0 Å². The number of hydrogen-bond donors (Lipinski definition) is 2. The predicted molar refractivity (Wildman–Crippen MR) is 107 cm³/mol. The molecule has 29 heavy (non-hydrogen) atoms. The van der Waals surface area contributed by atoms with Crippen molar-refractivity contribution in [3.05, 3.63) is 29.8 Å². The van der Waals surface area contributed by atoms with Gasteiger partial charge >= 0.3 is 0 Å². The van der Waals surface area contributed by atoms with Crippen molar-refractivity contribution in [1.82, 2.24) is 20.1 Å². The number of carbonyl (C=O) groups is 2. The summed E-state index contributed by atoms with van der Waals surface area (Å²) in [5.41, 5.74) is 5.29. The minimum absolute atomic E-state index is 0.00477. The fraction of sp³-hybridized carbons (Fsp3) is 0.529. The maximum atomic E-state index is 12.5. The van der Waals surface area contributed by atoms with Crippen LogP contribution in [0.1, 0.15) is 12.0 Å². The maximum Gasteiger partial charge on any atom is 0.253 e. The molecule has 0 aliphatic carbocycles. The number of benzene rings is 1. The van der Waals surface area contributed by atoms with Crippen molar-refractivity contribution in [2.75, 3.05) is 38.7 Å². The summed E-state index contributed by atoms with van der Waals surface area (Å²) < 4.78 is 48.8.